The number of carbonyl (C=O) groups excluding carboxylic acids is 2. The van der Waals surface area contributed by atoms with E-state index in [-0.39, 0.29) is 5.88 Å². The average molecular weight is 209 g/mol. The Morgan fingerprint density at radius 3 is 2.60 bits per heavy atom. The van der Waals surface area contributed by atoms with Crippen LogP contribution in [0.15, 0.2) is 18.3 Å². The number of hydrogen-bond donors (Lipinski definition) is 1. The number of aliphatic carboxylic acids is 1. The molecule has 1 heterocycles. The molecule has 0 fully saturated rings. The van der Waals surface area contributed by atoms with E-state index < -0.39 is 17.7 Å². The fraction of sp³-hybridized carbons (Fsp3) is 0.111. The van der Waals surface area contributed by atoms with Gasteiger partial charge in [-0.05, 0) is 13.0 Å². The number of ketones is 1. The Kier molecular flexibility index (Phi) is 3.12. The van der Waals surface area contributed by atoms with Crippen LogP contribution in [0.25, 0.3) is 0 Å². The van der Waals surface area contributed by atoms with Gasteiger partial charge in [-0.2, -0.15) is 0 Å². The Balaban J connectivity index is 2.80. The van der Waals surface area contributed by atoms with Gasteiger partial charge in [-0.25, -0.2) is 14.6 Å². The lowest BCUT2D eigenvalue weighted by Gasteiger charge is -2.02. The van der Waals surface area contributed by atoms with E-state index in [2.05, 4.69) is 9.72 Å². The lowest BCUT2D eigenvalue weighted by molar-refractivity contribution is -0.158. The van der Waals surface area contributed by atoms with Gasteiger partial charge in [-0.15, -0.1) is 0 Å². The van der Waals surface area contributed by atoms with Crippen LogP contribution in [0, 0.1) is 6.92 Å². The molecule has 1 rings (SSSR count). The molecule has 0 radical (unpaired) electrons. The summed E-state index contributed by atoms with van der Waals surface area (Å²) in [5.74, 6) is -5.00. The van der Waals surface area contributed by atoms with Crippen LogP contribution in [0.3, 0.4) is 0 Å². The van der Waals surface area contributed by atoms with Crippen molar-refractivity contribution in [2.45, 2.75) is 6.92 Å². The Labute approximate surface area is 84.5 Å². The molecule has 15 heavy (non-hydrogen) atoms. The van der Waals surface area contributed by atoms with Gasteiger partial charge in [0.1, 0.15) is 0 Å². The molecule has 0 saturated carbocycles. The van der Waals surface area contributed by atoms with Crippen molar-refractivity contribution in [3.63, 3.8) is 0 Å². The number of pyridine rings is 1. The van der Waals surface area contributed by atoms with E-state index in [1.807, 2.05) is 0 Å². The van der Waals surface area contributed by atoms with E-state index in [0.717, 1.165) is 0 Å². The van der Waals surface area contributed by atoms with Crippen molar-refractivity contribution in [1.82, 2.24) is 4.98 Å². The maximum Gasteiger partial charge on any atom is 0.393 e. The van der Waals surface area contributed by atoms with Gasteiger partial charge >= 0.3 is 17.7 Å². The van der Waals surface area contributed by atoms with Crippen LogP contribution >= 0.6 is 0 Å². The summed E-state index contributed by atoms with van der Waals surface area (Å²) in [5, 5.41) is 8.23. The normalized spacial score (nSPS) is 9.40. The van der Waals surface area contributed by atoms with Crippen LogP contribution in [-0.2, 0) is 14.4 Å². The van der Waals surface area contributed by atoms with Crippen molar-refractivity contribution >= 4 is 17.7 Å². The lowest BCUT2D eigenvalue weighted by Crippen LogP contribution is -2.28. The van der Waals surface area contributed by atoms with Gasteiger partial charge in [0.2, 0.25) is 5.88 Å². The fourth-order valence-electron chi connectivity index (χ4n) is 0.800. The molecule has 0 unspecified atom stereocenters. The highest BCUT2D eigenvalue weighted by atomic mass is 16.5. The molecule has 0 amide bonds. The molecule has 0 aromatic carbocycles. The molecule has 0 bridgehead atoms. The fourth-order valence-corrected chi connectivity index (χ4v) is 0.800. The highest BCUT2D eigenvalue weighted by molar-refractivity contribution is 6.60. The zero-order valence-corrected chi connectivity index (χ0v) is 7.76. The molecular weight excluding hydrogens is 202 g/mol. The van der Waals surface area contributed by atoms with Crippen molar-refractivity contribution in [3.8, 4) is 5.88 Å². The summed E-state index contributed by atoms with van der Waals surface area (Å²) in [6.07, 6.45) is 1.36. The van der Waals surface area contributed by atoms with Gasteiger partial charge < -0.3 is 9.84 Å². The summed E-state index contributed by atoms with van der Waals surface area (Å²) in [6, 6.07) is 3.23. The summed E-state index contributed by atoms with van der Waals surface area (Å²) in [5.41, 5.74) is 0.532. The molecule has 0 aliphatic heterocycles. The van der Waals surface area contributed by atoms with Gasteiger partial charge in [-0.1, -0.05) is 6.07 Å². The summed E-state index contributed by atoms with van der Waals surface area (Å²) < 4.78 is 4.49. The minimum atomic E-state index is -1.85. The molecule has 1 N–H and O–H groups in total. The number of Topliss-reactive ketones (excluding diaryl/α,β-unsaturated/α-hetero) is 1. The molecule has 1 aromatic heterocycles. The number of nitrogens with zero attached hydrogens (tertiary/aromatic N) is 1. The number of carboxylic acid groups (broad SMARTS) is 1. The molecule has 1 aromatic rings. The molecular formula is C9H7NO5. The van der Waals surface area contributed by atoms with E-state index in [0.29, 0.717) is 5.56 Å². The lowest BCUT2D eigenvalue weighted by atomic mass is 10.3. The van der Waals surface area contributed by atoms with Crippen LogP contribution < -0.4 is 4.74 Å². The van der Waals surface area contributed by atoms with E-state index in [1.165, 1.54) is 6.20 Å². The van der Waals surface area contributed by atoms with Crippen LogP contribution in [0.5, 0.6) is 5.88 Å². The first-order valence-corrected chi connectivity index (χ1v) is 3.93. The summed E-state index contributed by atoms with van der Waals surface area (Å²) in [4.78, 5) is 35.4. The van der Waals surface area contributed by atoms with Crippen molar-refractivity contribution < 1.29 is 24.2 Å². The second kappa shape index (κ2) is 4.32. The molecule has 6 nitrogen and oxygen atoms in total. The van der Waals surface area contributed by atoms with E-state index >= 15 is 0 Å². The predicted octanol–water partition coefficient (Wildman–Crippen LogP) is -0.0509. The Bertz CT molecular complexity index is 426. The van der Waals surface area contributed by atoms with Gasteiger partial charge in [0.15, 0.2) is 0 Å². The summed E-state index contributed by atoms with van der Waals surface area (Å²) in [7, 11) is 0. The maximum absolute atomic E-state index is 10.9. The molecule has 0 aliphatic rings. The summed E-state index contributed by atoms with van der Waals surface area (Å²) >= 11 is 0. The minimum absolute atomic E-state index is 0.0721. The minimum Gasteiger partial charge on any atom is -0.475 e. The first-order valence-electron chi connectivity index (χ1n) is 3.93. The average Bonchev–Trinajstić information content (AvgIpc) is 2.20. The SMILES string of the molecule is Cc1cccnc1OC(=O)C(=O)C(=O)O. The second-order valence-electron chi connectivity index (χ2n) is 2.65. The van der Waals surface area contributed by atoms with E-state index in [1.54, 1.807) is 19.1 Å². The second-order valence-corrected chi connectivity index (χ2v) is 2.65. The quantitative estimate of drug-likeness (QED) is 0.426. The van der Waals surface area contributed by atoms with Crippen molar-refractivity contribution in [2.24, 2.45) is 0 Å². The van der Waals surface area contributed by atoms with Gasteiger partial charge in [0.05, 0.1) is 0 Å². The van der Waals surface area contributed by atoms with Crippen LogP contribution in [0.4, 0.5) is 0 Å². The first-order chi connectivity index (χ1) is 7.02. The Morgan fingerprint density at radius 1 is 1.40 bits per heavy atom. The van der Waals surface area contributed by atoms with Crippen LogP contribution in [-0.4, -0.2) is 27.8 Å². The third-order valence-electron chi connectivity index (χ3n) is 1.53. The van der Waals surface area contributed by atoms with Gasteiger partial charge in [-0.3, -0.25) is 4.79 Å². The van der Waals surface area contributed by atoms with E-state index in [4.69, 9.17) is 5.11 Å². The van der Waals surface area contributed by atoms with Crippen molar-refractivity contribution in [3.05, 3.63) is 23.9 Å². The largest absolute Gasteiger partial charge is 0.475 e. The summed E-state index contributed by atoms with van der Waals surface area (Å²) in [6.45, 7) is 1.61. The van der Waals surface area contributed by atoms with E-state index in [9.17, 15) is 14.4 Å². The Morgan fingerprint density at radius 2 is 2.07 bits per heavy atom. The third kappa shape index (κ3) is 2.60. The monoisotopic (exact) mass is 209 g/mol. The standard InChI is InChI=1S/C9H7NO5/c1-5-3-2-4-10-7(5)15-9(14)6(11)8(12)13/h2-4H,1H3,(H,12,13). The van der Waals surface area contributed by atoms with Crippen LogP contribution in [0.1, 0.15) is 5.56 Å². The number of carbonyl (C=O) groups is 3. The molecule has 0 aliphatic carbocycles. The highest BCUT2D eigenvalue weighted by Gasteiger charge is 2.24. The predicted molar refractivity (Wildman–Crippen MR) is 47.3 cm³/mol. The molecule has 6 heteroatoms. The van der Waals surface area contributed by atoms with Crippen molar-refractivity contribution in [2.75, 3.05) is 0 Å². The number of aromatic nitrogens is 1. The van der Waals surface area contributed by atoms with Crippen LogP contribution in [0.2, 0.25) is 0 Å². The zero-order valence-electron chi connectivity index (χ0n) is 7.76. The zero-order chi connectivity index (χ0) is 11.4. The van der Waals surface area contributed by atoms with Gasteiger partial charge in [0, 0.05) is 11.8 Å². The molecule has 0 saturated heterocycles. The number of esters is 1. The number of rotatable bonds is 3. The first kappa shape index (κ1) is 10.8. The maximum atomic E-state index is 10.9. The van der Waals surface area contributed by atoms with Gasteiger partial charge in [0.25, 0.3) is 0 Å². The molecule has 78 valence electrons. The highest BCUT2D eigenvalue weighted by Crippen LogP contribution is 2.12. The smallest absolute Gasteiger partial charge is 0.393 e. The number of ether oxygens (including phenoxy) is 1. The number of hydrogen-bond acceptors (Lipinski definition) is 5. The third-order valence-corrected chi connectivity index (χ3v) is 1.53. The molecule has 0 atom stereocenters. The molecule has 0 spiro atoms. The number of carboxylic acids is 1. The topological polar surface area (TPSA) is 93.6 Å². The van der Waals surface area contributed by atoms with Crippen molar-refractivity contribution in [1.29, 1.82) is 0 Å². The number of aryl methyl sites for hydroxylation is 1. The Hall–Kier alpha value is -2.24.